The highest BCUT2D eigenvalue weighted by Crippen LogP contribution is 2.57. The second-order valence-electron chi connectivity index (χ2n) is 8.60. The van der Waals surface area contributed by atoms with Gasteiger partial charge in [-0.2, -0.15) is 0 Å². The Bertz CT molecular complexity index is 302. The van der Waals surface area contributed by atoms with Crippen molar-refractivity contribution in [3.8, 4) is 0 Å². The molecule has 5 fully saturated rings. The molecule has 1 heteroatoms. The summed E-state index contributed by atoms with van der Waals surface area (Å²) in [5.74, 6) is 3.36. The van der Waals surface area contributed by atoms with Gasteiger partial charge in [-0.1, -0.05) is 19.3 Å². The van der Waals surface area contributed by atoms with Crippen LogP contribution in [0.5, 0.6) is 0 Å². The summed E-state index contributed by atoms with van der Waals surface area (Å²) in [4.78, 5) is 0. The molecule has 0 heterocycles. The van der Waals surface area contributed by atoms with E-state index in [0.29, 0.717) is 0 Å². The van der Waals surface area contributed by atoms with Crippen LogP contribution in [0.3, 0.4) is 0 Å². The van der Waals surface area contributed by atoms with Gasteiger partial charge in [-0.15, -0.1) is 0 Å². The Hall–Kier alpha value is -0.0400. The van der Waals surface area contributed by atoms with E-state index in [0.717, 1.165) is 29.2 Å². The maximum absolute atomic E-state index is 2.80. The average Bonchev–Trinajstić information content (AvgIpc) is 2.64. The lowest BCUT2D eigenvalue weighted by atomic mass is 9.58. The van der Waals surface area contributed by atoms with Crippen molar-refractivity contribution >= 4 is 0 Å². The van der Waals surface area contributed by atoms with Gasteiger partial charge in [0.25, 0.3) is 0 Å². The molecule has 108 valence electrons. The van der Waals surface area contributed by atoms with Gasteiger partial charge in [0.1, 0.15) is 0 Å². The molecule has 0 spiro atoms. The van der Waals surface area contributed by atoms with E-state index in [4.69, 9.17) is 0 Å². The molecule has 2 N–H and O–H groups in total. The van der Waals surface area contributed by atoms with Crippen LogP contribution in [-0.2, 0) is 0 Å². The molecule has 2 unspecified atom stereocenters. The van der Waals surface area contributed by atoms with E-state index in [1.807, 2.05) is 0 Å². The topological polar surface area (TPSA) is 16.6 Å². The van der Waals surface area contributed by atoms with Crippen LogP contribution >= 0.6 is 0 Å². The molecule has 5 aliphatic rings. The Balaban J connectivity index is 1.41. The predicted octanol–water partition coefficient (Wildman–Crippen LogP) is 3.49. The lowest BCUT2D eigenvalue weighted by Crippen LogP contribution is -2.92. The largest absolute Gasteiger partial charge is 0.343 e. The second kappa shape index (κ2) is 5.06. The van der Waals surface area contributed by atoms with Crippen LogP contribution in [0.15, 0.2) is 0 Å². The Morgan fingerprint density at radius 3 is 2.05 bits per heavy atom. The standard InChI is InChI=1S/C18H31N/c1-2-4-17(5-3-1)19-13-18-10-14-6-7-15(11-18)9-16(8-14)12-18/h14-17,19H,1-13H2/p+1/t14-,15+,16?,18?. The van der Waals surface area contributed by atoms with Crippen LogP contribution in [0.2, 0.25) is 0 Å². The molecular weight excluding hydrogens is 230 g/mol. The molecule has 1 nitrogen and oxygen atoms in total. The molecule has 5 aliphatic carbocycles. The van der Waals surface area contributed by atoms with Crippen molar-refractivity contribution in [2.45, 2.75) is 83.1 Å². The van der Waals surface area contributed by atoms with E-state index in [2.05, 4.69) is 5.32 Å². The third-order valence-electron chi connectivity index (χ3n) is 7.02. The Labute approximate surface area is 118 Å². The molecule has 4 atom stereocenters. The smallest absolute Gasteiger partial charge is 0.0859 e. The van der Waals surface area contributed by atoms with Crippen LogP contribution in [0.1, 0.15) is 77.0 Å². The van der Waals surface area contributed by atoms with Crippen molar-refractivity contribution in [3.63, 3.8) is 0 Å². The first-order chi connectivity index (χ1) is 9.31. The van der Waals surface area contributed by atoms with Gasteiger partial charge >= 0.3 is 0 Å². The van der Waals surface area contributed by atoms with E-state index in [1.54, 1.807) is 44.9 Å². The van der Waals surface area contributed by atoms with Gasteiger partial charge in [-0.3, -0.25) is 0 Å². The van der Waals surface area contributed by atoms with E-state index >= 15 is 0 Å². The minimum absolute atomic E-state index is 0.782. The highest BCUT2D eigenvalue weighted by molar-refractivity contribution is 4.98. The summed E-state index contributed by atoms with van der Waals surface area (Å²) in [5, 5.41) is 2.80. The quantitative estimate of drug-likeness (QED) is 0.802. The Morgan fingerprint density at radius 1 is 0.737 bits per heavy atom. The summed E-state index contributed by atoms with van der Waals surface area (Å²) in [6.45, 7) is 1.49. The van der Waals surface area contributed by atoms with Gasteiger partial charge < -0.3 is 5.32 Å². The fourth-order valence-corrected chi connectivity index (χ4v) is 6.41. The molecular formula is C18H32N+. The van der Waals surface area contributed by atoms with Crippen molar-refractivity contribution in [2.75, 3.05) is 6.54 Å². The van der Waals surface area contributed by atoms with Gasteiger partial charge in [0.05, 0.1) is 12.6 Å². The zero-order valence-corrected chi connectivity index (χ0v) is 12.6. The predicted molar refractivity (Wildman–Crippen MR) is 78.9 cm³/mol. The first-order valence-electron chi connectivity index (χ1n) is 9.15. The van der Waals surface area contributed by atoms with E-state index in [1.165, 1.54) is 38.6 Å². The molecule has 0 amide bonds. The van der Waals surface area contributed by atoms with E-state index < -0.39 is 0 Å². The molecule has 5 saturated carbocycles. The van der Waals surface area contributed by atoms with Gasteiger partial charge in [-0.25, -0.2) is 0 Å². The van der Waals surface area contributed by atoms with Crippen LogP contribution in [0.25, 0.3) is 0 Å². The number of nitrogens with two attached hydrogens (primary N) is 1. The van der Waals surface area contributed by atoms with E-state index in [-0.39, 0.29) is 0 Å². The van der Waals surface area contributed by atoms with Gasteiger partial charge in [0.2, 0.25) is 0 Å². The molecule has 0 radical (unpaired) electrons. The van der Waals surface area contributed by atoms with Crippen LogP contribution in [-0.4, -0.2) is 12.6 Å². The highest BCUT2D eigenvalue weighted by atomic mass is 14.9. The summed E-state index contributed by atoms with van der Waals surface area (Å²) >= 11 is 0. The minimum Gasteiger partial charge on any atom is -0.343 e. The number of hydrogen-bond donors (Lipinski definition) is 1. The molecule has 0 saturated heterocycles. The number of fused-ring (bicyclic) bond motifs is 1. The lowest BCUT2D eigenvalue weighted by Gasteiger charge is -2.47. The summed E-state index contributed by atoms with van der Waals surface area (Å²) in [6, 6.07) is 0.989. The number of quaternary nitrogens is 1. The maximum Gasteiger partial charge on any atom is 0.0859 e. The molecule has 0 aromatic carbocycles. The monoisotopic (exact) mass is 262 g/mol. The summed E-state index contributed by atoms with van der Waals surface area (Å²) in [5.41, 5.74) is 0.782. The summed E-state index contributed by atoms with van der Waals surface area (Å²) in [6.07, 6.45) is 18.7. The van der Waals surface area contributed by atoms with Crippen LogP contribution in [0, 0.1) is 23.2 Å². The fourth-order valence-electron chi connectivity index (χ4n) is 6.41. The number of rotatable bonds is 3. The van der Waals surface area contributed by atoms with Crippen molar-refractivity contribution < 1.29 is 5.32 Å². The van der Waals surface area contributed by atoms with Gasteiger partial charge in [-0.05, 0) is 75.5 Å². The van der Waals surface area contributed by atoms with Gasteiger partial charge in [0, 0.05) is 5.41 Å². The van der Waals surface area contributed by atoms with Crippen LogP contribution < -0.4 is 5.32 Å². The third kappa shape index (κ3) is 2.60. The van der Waals surface area contributed by atoms with Crippen molar-refractivity contribution in [1.82, 2.24) is 0 Å². The van der Waals surface area contributed by atoms with Crippen molar-refractivity contribution in [3.05, 3.63) is 0 Å². The van der Waals surface area contributed by atoms with Crippen molar-refractivity contribution in [1.29, 1.82) is 0 Å². The Kier molecular flexibility index (Phi) is 3.38. The zero-order valence-electron chi connectivity index (χ0n) is 12.6. The number of hydrogen-bond acceptors (Lipinski definition) is 0. The summed E-state index contributed by atoms with van der Waals surface area (Å²) in [7, 11) is 0. The third-order valence-corrected chi connectivity index (χ3v) is 7.02. The molecule has 19 heavy (non-hydrogen) atoms. The first kappa shape index (κ1) is 12.7. The first-order valence-corrected chi connectivity index (χ1v) is 9.15. The summed E-state index contributed by atoms with van der Waals surface area (Å²) < 4.78 is 0. The second-order valence-corrected chi connectivity index (χ2v) is 8.60. The average molecular weight is 262 g/mol. The van der Waals surface area contributed by atoms with Crippen molar-refractivity contribution in [2.24, 2.45) is 23.2 Å². The maximum atomic E-state index is 2.80. The molecule has 0 aromatic heterocycles. The minimum atomic E-state index is 0.782. The Morgan fingerprint density at radius 2 is 1.37 bits per heavy atom. The highest BCUT2D eigenvalue weighted by Gasteiger charge is 2.49. The van der Waals surface area contributed by atoms with Crippen LogP contribution in [0.4, 0.5) is 0 Å². The van der Waals surface area contributed by atoms with E-state index in [9.17, 15) is 0 Å². The zero-order chi connectivity index (χ0) is 12.7. The molecule has 0 aromatic rings. The molecule has 5 rings (SSSR count). The van der Waals surface area contributed by atoms with Gasteiger partial charge in [0.15, 0.2) is 0 Å². The SMILES string of the molecule is C1CCC([NH2+]CC23CC4C[C@@H](CC[C@@H](C4)C2)C3)CC1. The fraction of sp³-hybridized carbons (Fsp3) is 1.00. The normalized spacial score (nSPS) is 46.4. The lowest BCUT2D eigenvalue weighted by molar-refractivity contribution is -0.703. The molecule has 0 aliphatic heterocycles. The molecule has 4 bridgehead atoms.